The molecule has 0 radical (unpaired) electrons. The highest BCUT2D eigenvalue weighted by atomic mass is 32.2. The van der Waals surface area contributed by atoms with Gasteiger partial charge in [-0.05, 0) is 34.9 Å². The summed E-state index contributed by atoms with van der Waals surface area (Å²) in [7, 11) is 0. The van der Waals surface area contributed by atoms with Crippen molar-refractivity contribution in [2.75, 3.05) is 18.9 Å². The third kappa shape index (κ3) is 2.51. The minimum atomic E-state index is 0.472. The number of benzene rings is 1. The zero-order valence-electron chi connectivity index (χ0n) is 11.4. The number of ether oxygens (including phenoxy) is 2. The maximum Gasteiger partial charge on any atom is 0.209 e. The zero-order valence-corrected chi connectivity index (χ0v) is 12.2. The predicted molar refractivity (Wildman–Crippen MR) is 77.5 cm³/mol. The van der Waals surface area contributed by atoms with E-state index >= 15 is 0 Å². The van der Waals surface area contributed by atoms with Gasteiger partial charge in [-0.3, -0.25) is 0 Å². The Kier molecular flexibility index (Phi) is 3.10. The van der Waals surface area contributed by atoms with Crippen molar-refractivity contribution in [2.24, 2.45) is 0 Å². The van der Waals surface area contributed by atoms with E-state index in [0.29, 0.717) is 30.7 Å². The molecule has 1 aromatic heterocycles. The average Bonchev–Trinajstić information content (AvgIpc) is 3.24. The lowest BCUT2D eigenvalue weighted by molar-refractivity contribution is 0.171. The van der Waals surface area contributed by atoms with E-state index in [1.165, 1.54) is 0 Å². The third-order valence-electron chi connectivity index (χ3n) is 3.52. The van der Waals surface area contributed by atoms with Crippen LogP contribution in [-0.2, 0) is 5.75 Å². The van der Waals surface area contributed by atoms with Crippen molar-refractivity contribution in [3.05, 3.63) is 17.7 Å². The highest BCUT2D eigenvalue weighted by Gasteiger charge is 2.28. The van der Waals surface area contributed by atoms with Gasteiger partial charge in [0, 0.05) is 17.5 Å². The molecule has 1 fully saturated rings. The quantitative estimate of drug-likeness (QED) is 0.678. The summed E-state index contributed by atoms with van der Waals surface area (Å²) in [6.45, 7) is 1.14. The summed E-state index contributed by atoms with van der Waals surface area (Å²) in [6.07, 6.45) is 2.32. The molecular weight excluding hydrogens is 290 g/mol. The first kappa shape index (κ1) is 12.8. The molecule has 1 aliphatic carbocycles. The van der Waals surface area contributed by atoms with E-state index in [9.17, 15) is 0 Å². The maximum atomic E-state index is 6.09. The van der Waals surface area contributed by atoms with Gasteiger partial charge >= 0.3 is 0 Å². The zero-order chi connectivity index (χ0) is 14.2. The predicted octanol–water partition coefficient (Wildman–Crippen LogP) is 1.65. The molecule has 4 rings (SSSR count). The minimum Gasteiger partial charge on any atom is -0.486 e. The van der Waals surface area contributed by atoms with Crippen LogP contribution in [0.5, 0.6) is 11.5 Å². The molecule has 8 heteroatoms. The van der Waals surface area contributed by atoms with Crippen LogP contribution in [0.25, 0.3) is 0 Å². The molecule has 0 spiro atoms. The summed E-state index contributed by atoms with van der Waals surface area (Å²) >= 11 is 1.59. The molecule has 110 valence electrons. The molecule has 0 saturated heterocycles. The van der Waals surface area contributed by atoms with E-state index < -0.39 is 0 Å². The lowest BCUT2D eigenvalue weighted by Gasteiger charge is -2.20. The second-order valence-corrected chi connectivity index (χ2v) is 6.06. The standard InChI is InChI=1S/C13H15N5O2S/c14-10-6-12-11(19-3-4-20-12)5-8(10)7-21-13-15-16-17-18(13)9-1-2-9/h5-6,9H,1-4,7,14H2. The molecule has 2 aromatic rings. The molecule has 1 aliphatic heterocycles. The van der Waals surface area contributed by atoms with Gasteiger partial charge in [0.25, 0.3) is 0 Å². The number of nitrogens with zero attached hydrogens (tertiary/aromatic N) is 4. The Morgan fingerprint density at radius 3 is 2.76 bits per heavy atom. The SMILES string of the molecule is Nc1cc2c(cc1CSc1nnnn1C1CC1)OCCO2. The van der Waals surface area contributed by atoms with E-state index in [1.807, 2.05) is 16.8 Å². The fourth-order valence-corrected chi connectivity index (χ4v) is 3.19. The lowest BCUT2D eigenvalue weighted by Crippen LogP contribution is -2.16. The van der Waals surface area contributed by atoms with Crippen LogP contribution in [-0.4, -0.2) is 33.4 Å². The van der Waals surface area contributed by atoms with Crippen LogP contribution in [0.1, 0.15) is 24.4 Å². The highest BCUT2D eigenvalue weighted by molar-refractivity contribution is 7.98. The van der Waals surface area contributed by atoms with Gasteiger partial charge in [0.2, 0.25) is 5.16 Å². The number of hydrogen-bond donors (Lipinski definition) is 1. The van der Waals surface area contributed by atoms with Crippen molar-refractivity contribution < 1.29 is 9.47 Å². The second-order valence-electron chi connectivity index (χ2n) is 5.12. The van der Waals surface area contributed by atoms with Crippen LogP contribution in [0, 0.1) is 0 Å². The van der Waals surface area contributed by atoms with Crippen LogP contribution >= 0.6 is 11.8 Å². The van der Waals surface area contributed by atoms with Crippen molar-refractivity contribution >= 4 is 17.4 Å². The number of nitrogen functional groups attached to an aromatic ring is 1. The van der Waals surface area contributed by atoms with Gasteiger partial charge in [-0.15, -0.1) is 5.10 Å². The van der Waals surface area contributed by atoms with E-state index in [0.717, 1.165) is 35.1 Å². The van der Waals surface area contributed by atoms with Crippen LogP contribution in [0.4, 0.5) is 5.69 Å². The van der Waals surface area contributed by atoms with Crippen LogP contribution in [0.15, 0.2) is 17.3 Å². The molecule has 2 aliphatic rings. The Balaban J connectivity index is 1.52. The van der Waals surface area contributed by atoms with Gasteiger partial charge < -0.3 is 15.2 Å². The Bertz CT molecular complexity index is 671. The fraction of sp³-hybridized carbons (Fsp3) is 0.462. The summed E-state index contributed by atoms with van der Waals surface area (Å²) in [5.41, 5.74) is 7.80. The molecule has 0 unspecified atom stereocenters. The molecule has 0 atom stereocenters. The van der Waals surface area contributed by atoms with E-state index in [-0.39, 0.29) is 0 Å². The molecule has 0 amide bonds. The molecule has 0 bridgehead atoms. The summed E-state index contributed by atoms with van der Waals surface area (Å²) in [4.78, 5) is 0. The fourth-order valence-electron chi connectivity index (χ4n) is 2.24. The molecule has 1 aromatic carbocycles. The second kappa shape index (κ2) is 5.10. The molecule has 1 saturated carbocycles. The number of hydrogen-bond acceptors (Lipinski definition) is 7. The third-order valence-corrected chi connectivity index (χ3v) is 4.50. The van der Waals surface area contributed by atoms with Crippen LogP contribution < -0.4 is 15.2 Å². The largest absolute Gasteiger partial charge is 0.486 e. The maximum absolute atomic E-state index is 6.09. The number of tetrazole rings is 1. The Morgan fingerprint density at radius 1 is 1.24 bits per heavy atom. The van der Waals surface area contributed by atoms with Crippen LogP contribution in [0.2, 0.25) is 0 Å². The average molecular weight is 305 g/mol. The molecule has 2 N–H and O–H groups in total. The monoisotopic (exact) mass is 305 g/mol. The highest BCUT2D eigenvalue weighted by Crippen LogP contribution is 2.39. The number of thioether (sulfide) groups is 1. The van der Waals surface area contributed by atoms with Gasteiger partial charge in [0.1, 0.15) is 13.2 Å². The number of aromatic nitrogens is 4. The first-order chi connectivity index (χ1) is 10.3. The van der Waals surface area contributed by atoms with Crippen molar-refractivity contribution in [1.29, 1.82) is 0 Å². The van der Waals surface area contributed by atoms with Crippen molar-refractivity contribution in [3.63, 3.8) is 0 Å². The summed E-state index contributed by atoms with van der Waals surface area (Å²) in [5.74, 6) is 2.18. The molecule has 2 heterocycles. The minimum absolute atomic E-state index is 0.472. The lowest BCUT2D eigenvalue weighted by atomic mass is 10.2. The van der Waals surface area contributed by atoms with Crippen molar-refractivity contribution in [3.8, 4) is 11.5 Å². The van der Waals surface area contributed by atoms with Crippen molar-refractivity contribution in [1.82, 2.24) is 20.2 Å². The van der Waals surface area contributed by atoms with E-state index in [4.69, 9.17) is 15.2 Å². The van der Waals surface area contributed by atoms with Gasteiger partial charge in [0.15, 0.2) is 11.5 Å². The molecule has 21 heavy (non-hydrogen) atoms. The summed E-state index contributed by atoms with van der Waals surface area (Å²) in [5, 5.41) is 12.7. The first-order valence-electron chi connectivity index (χ1n) is 6.90. The van der Waals surface area contributed by atoms with Crippen LogP contribution in [0.3, 0.4) is 0 Å². The topological polar surface area (TPSA) is 88.1 Å². The van der Waals surface area contributed by atoms with Crippen molar-refractivity contribution in [2.45, 2.75) is 29.8 Å². The normalized spacial score (nSPS) is 17.0. The smallest absolute Gasteiger partial charge is 0.209 e. The van der Waals surface area contributed by atoms with Gasteiger partial charge in [-0.25, -0.2) is 4.68 Å². The molecular formula is C13H15N5O2S. The first-order valence-corrected chi connectivity index (χ1v) is 7.88. The number of fused-ring (bicyclic) bond motifs is 1. The summed E-state index contributed by atoms with van der Waals surface area (Å²) < 4.78 is 13.0. The number of anilines is 1. The van der Waals surface area contributed by atoms with Gasteiger partial charge in [0.05, 0.1) is 6.04 Å². The number of rotatable bonds is 4. The number of nitrogens with two attached hydrogens (primary N) is 1. The summed E-state index contributed by atoms with van der Waals surface area (Å²) in [6, 6.07) is 4.25. The van der Waals surface area contributed by atoms with Gasteiger partial charge in [-0.2, -0.15) is 0 Å². The van der Waals surface area contributed by atoms with E-state index in [2.05, 4.69) is 15.5 Å². The Hall–Kier alpha value is -1.96. The van der Waals surface area contributed by atoms with E-state index in [1.54, 1.807) is 11.8 Å². The Morgan fingerprint density at radius 2 is 2.00 bits per heavy atom. The molecule has 7 nitrogen and oxygen atoms in total. The Labute approximate surface area is 125 Å². The van der Waals surface area contributed by atoms with Gasteiger partial charge in [-0.1, -0.05) is 11.8 Å².